The van der Waals surface area contributed by atoms with Gasteiger partial charge in [0.05, 0.1) is 6.10 Å². The number of aliphatic hydroxyl groups excluding tert-OH is 1. The molecule has 0 aromatic carbocycles. The lowest BCUT2D eigenvalue weighted by atomic mass is 9.78. The first-order valence-electron chi connectivity index (χ1n) is 8.09. The van der Waals surface area contributed by atoms with Crippen molar-refractivity contribution in [2.75, 3.05) is 6.54 Å². The Balaban J connectivity index is 1.79. The molecule has 2 aliphatic rings. The number of hydrogen-bond acceptors (Lipinski definition) is 4. The van der Waals surface area contributed by atoms with E-state index in [0.29, 0.717) is 11.5 Å². The van der Waals surface area contributed by atoms with Gasteiger partial charge in [-0.3, -0.25) is 4.79 Å². The van der Waals surface area contributed by atoms with Crippen molar-refractivity contribution < 1.29 is 14.4 Å². The van der Waals surface area contributed by atoms with Crippen LogP contribution in [-0.2, 0) is 0 Å². The zero-order chi connectivity index (χ0) is 14.8. The van der Waals surface area contributed by atoms with E-state index in [2.05, 4.69) is 5.16 Å². The van der Waals surface area contributed by atoms with Crippen LogP contribution >= 0.6 is 0 Å². The number of carbonyl (C=O) groups excluding carboxylic acids is 1. The first-order chi connectivity index (χ1) is 10.2. The van der Waals surface area contributed by atoms with Crippen molar-refractivity contribution in [3.63, 3.8) is 0 Å². The van der Waals surface area contributed by atoms with Crippen LogP contribution in [-0.4, -0.2) is 39.8 Å². The summed E-state index contributed by atoms with van der Waals surface area (Å²) in [6, 6.07) is 1.85. The zero-order valence-corrected chi connectivity index (χ0v) is 12.6. The van der Waals surface area contributed by atoms with E-state index in [-0.39, 0.29) is 24.0 Å². The van der Waals surface area contributed by atoms with Crippen molar-refractivity contribution in [3.8, 4) is 0 Å². The molecule has 3 atom stereocenters. The normalized spacial score (nSPS) is 30.4. The SMILES string of the molecule is Cc1cc(C(=O)N2CCCCC2C2CCCCC2O)no1. The van der Waals surface area contributed by atoms with Crippen LogP contribution in [0.2, 0.25) is 0 Å². The number of nitrogens with zero attached hydrogens (tertiary/aromatic N) is 2. The van der Waals surface area contributed by atoms with Crippen molar-refractivity contribution in [2.45, 2.75) is 64.0 Å². The predicted octanol–water partition coefficient (Wildman–Crippen LogP) is 2.53. The molecule has 1 amide bonds. The number of carbonyl (C=O) groups is 1. The summed E-state index contributed by atoms with van der Waals surface area (Å²) in [5.74, 6) is 0.829. The Bertz CT molecular complexity index is 499. The van der Waals surface area contributed by atoms with Crippen LogP contribution in [0.5, 0.6) is 0 Å². The van der Waals surface area contributed by atoms with E-state index in [1.165, 1.54) is 0 Å². The van der Waals surface area contributed by atoms with Gasteiger partial charge >= 0.3 is 0 Å². The molecule has 1 aromatic rings. The fourth-order valence-electron chi connectivity index (χ4n) is 3.86. The standard InChI is InChI=1S/C16H24N2O3/c1-11-10-13(17-21-11)16(20)18-9-5-4-7-14(18)12-6-2-3-8-15(12)19/h10,12,14-15,19H,2-9H2,1H3. The third kappa shape index (κ3) is 2.98. The van der Waals surface area contributed by atoms with Crippen LogP contribution in [0.4, 0.5) is 0 Å². The number of hydrogen-bond donors (Lipinski definition) is 1. The van der Waals surface area contributed by atoms with E-state index < -0.39 is 0 Å². The van der Waals surface area contributed by atoms with Crippen LogP contribution in [0.1, 0.15) is 61.2 Å². The fourth-order valence-corrected chi connectivity index (χ4v) is 3.86. The molecule has 116 valence electrons. The highest BCUT2D eigenvalue weighted by atomic mass is 16.5. The molecule has 0 radical (unpaired) electrons. The highest BCUT2D eigenvalue weighted by molar-refractivity contribution is 5.92. The third-order valence-corrected chi connectivity index (χ3v) is 4.93. The molecule has 1 N–H and O–H groups in total. The summed E-state index contributed by atoms with van der Waals surface area (Å²) < 4.78 is 5.03. The molecule has 1 aliphatic carbocycles. The summed E-state index contributed by atoms with van der Waals surface area (Å²) in [6.07, 6.45) is 7.03. The largest absolute Gasteiger partial charge is 0.393 e. The van der Waals surface area contributed by atoms with E-state index in [1.54, 1.807) is 13.0 Å². The highest BCUT2D eigenvalue weighted by Crippen LogP contribution is 2.34. The number of likely N-dealkylation sites (tertiary alicyclic amines) is 1. The van der Waals surface area contributed by atoms with Crippen molar-refractivity contribution in [1.82, 2.24) is 10.1 Å². The lowest BCUT2D eigenvalue weighted by Crippen LogP contribution is -2.51. The molecule has 5 heteroatoms. The maximum Gasteiger partial charge on any atom is 0.276 e. The first kappa shape index (κ1) is 14.6. The van der Waals surface area contributed by atoms with Crippen molar-refractivity contribution in [2.24, 2.45) is 5.92 Å². The number of aryl methyl sites for hydroxylation is 1. The number of aromatic nitrogens is 1. The lowest BCUT2D eigenvalue weighted by Gasteiger charge is -2.43. The van der Waals surface area contributed by atoms with Gasteiger partial charge in [-0.2, -0.15) is 0 Å². The summed E-state index contributed by atoms with van der Waals surface area (Å²) in [5, 5.41) is 14.2. The molecule has 0 bridgehead atoms. The molecule has 3 unspecified atom stereocenters. The first-order valence-corrected chi connectivity index (χ1v) is 8.09. The van der Waals surface area contributed by atoms with Crippen LogP contribution in [0.25, 0.3) is 0 Å². The minimum atomic E-state index is -0.267. The molecule has 1 saturated carbocycles. The molecule has 2 fully saturated rings. The molecule has 0 spiro atoms. The van der Waals surface area contributed by atoms with Crippen LogP contribution < -0.4 is 0 Å². The van der Waals surface area contributed by atoms with E-state index in [1.807, 2.05) is 4.90 Å². The minimum Gasteiger partial charge on any atom is -0.393 e. The smallest absolute Gasteiger partial charge is 0.276 e. The number of amides is 1. The van der Waals surface area contributed by atoms with Crippen molar-refractivity contribution >= 4 is 5.91 Å². The van der Waals surface area contributed by atoms with E-state index in [9.17, 15) is 9.90 Å². The molecule has 5 nitrogen and oxygen atoms in total. The Morgan fingerprint density at radius 2 is 2.05 bits per heavy atom. The fraction of sp³-hybridized carbons (Fsp3) is 0.750. The second-order valence-corrected chi connectivity index (χ2v) is 6.40. The summed E-state index contributed by atoms with van der Waals surface area (Å²) in [6.45, 7) is 2.56. The Morgan fingerprint density at radius 3 is 2.76 bits per heavy atom. The number of rotatable bonds is 2. The maximum absolute atomic E-state index is 12.7. The van der Waals surface area contributed by atoms with Gasteiger partial charge < -0.3 is 14.5 Å². The van der Waals surface area contributed by atoms with Gasteiger partial charge in [-0.1, -0.05) is 18.0 Å². The van der Waals surface area contributed by atoms with Gasteiger partial charge in [-0.25, -0.2) is 0 Å². The van der Waals surface area contributed by atoms with Crippen LogP contribution in [0.3, 0.4) is 0 Å². The predicted molar refractivity (Wildman–Crippen MR) is 77.9 cm³/mol. The Labute approximate surface area is 125 Å². The van der Waals surface area contributed by atoms with Gasteiger partial charge in [-0.05, 0) is 39.0 Å². The van der Waals surface area contributed by atoms with E-state index in [0.717, 1.165) is 51.5 Å². The van der Waals surface area contributed by atoms with Gasteiger partial charge in [0.1, 0.15) is 5.76 Å². The van der Waals surface area contributed by atoms with Crippen molar-refractivity contribution in [3.05, 3.63) is 17.5 Å². The Morgan fingerprint density at radius 1 is 1.29 bits per heavy atom. The van der Waals surface area contributed by atoms with Crippen LogP contribution in [0.15, 0.2) is 10.6 Å². The van der Waals surface area contributed by atoms with Gasteiger partial charge in [0.2, 0.25) is 0 Å². The summed E-state index contributed by atoms with van der Waals surface area (Å²) in [5.41, 5.74) is 0.393. The molecule has 1 saturated heterocycles. The molecule has 1 aliphatic heterocycles. The molecule has 1 aromatic heterocycles. The maximum atomic E-state index is 12.7. The van der Waals surface area contributed by atoms with E-state index in [4.69, 9.17) is 4.52 Å². The average Bonchev–Trinajstić information content (AvgIpc) is 2.94. The minimum absolute atomic E-state index is 0.0469. The number of aliphatic hydroxyl groups is 1. The molecular formula is C16H24N2O3. The lowest BCUT2D eigenvalue weighted by molar-refractivity contribution is -0.00165. The topological polar surface area (TPSA) is 66.6 Å². The van der Waals surface area contributed by atoms with Gasteiger partial charge in [0.15, 0.2) is 5.69 Å². The Hall–Kier alpha value is -1.36. The van der Waals surface area contributed by atoms with Crippen molar-refractivity contribution in [1.29, 1.82) is 0 Å². The van der Waals surface area contributed by atoms with Gasteiger partial charge in [0.25, 0.3) is 5.91 Å². The highest BCUT2D eigenvalue weighted by Gasteiger charge is 2.38. The summed E-state index contributed by atoms with van der Waals surface area (Å²) >= 11 is 0. The quantitative estimate of drug-likeness (QED) is 0.909. The summed E-state index contributed by atoms with van der Waals surface area (Å²) in [7, 11) is 0. The molecule has 3 rings (SSSR count). The Kier molecular flexibility index (Phi) is 4.29. The van der Waals surface area contributed by atoms with Gasteiger partial charge in [0, 0.05) is 24.6 Å². The zero-order valence-electron chi connectivity index (χ0n) is 12.6. The second kappa shape index (κ2) is 6.18. The third-order valence-electron chi connectivity index (χ3n) is 4.93. The van der Waals surface area contributed by atoms with Gasteiger partial charge in [-0.15, -0.1) is 0 Å². The molecule has 21 heavy (non-hydrogen) atoms. The second-order valence-electron chi connectivity index (χ2n) is 6.40. The number of piperidine rings is 1. The molecule has 2 heterocycles. The molecular weight excluding hydrogens is 268 g/mol. The van der Waals surface area contributed by atoms with Crippen LogP contribution in [0, 0.1) is 12.8 Å². The summed E-state index contributed by atoms with van der Waals surface area (Å²) in [4.78, 5) is 14.6. The average molecular weight is 292 g/mol. The van der Waals surface area contributed by atoms with E-state index >= 15 is 0 Å². The monoisotopic (exact) mass is 292 g/mol.